The summed E-state index contributed by atoms with van der Waals surface area (Å²) in [5, 5.41) is 0.390. The summed E-state index contributed by atoms with van der Waals surface area (Å²) < 4.78 is 13.1. The smallest absolute Gasteiger partial charge is 0.165 e. The van der Waals surface area contributed by atoms with Gasteiger partial charge in [-0.05, 0) is 24.6 Å². The monoisotopic (exact) mass is 200 g/mol. The molecule has 0 unspecified atom stereocenters. The van der Waals surface area contributed by atoms with Gasteiger partial charge in [-0.25, -0.2) is 4.39 Å². The van der Waals surface area contributed by atoms with Crippen LogP contribution in [0, 0.1) is 5.82 Å². The molecule has 1 nitrogen and oxygen atoms in total. The van der Waals surface area contributed by atoms with Crippen LogP contribution >= 0.6 is 11.6 Å². The molecular formula is C10H10ClFO. The first-order valence-electron chi connectivity index (χ1n) is 4.13. The van der Waals surface area contributed by atoms with Crippen LogP contribution in [-0.2, 0) is 0 Å². The number of carbonyl (C=O) groups excluding carboxylic acids is 1. The van der Waals surface area contributed by atoms with E-state index in [2.05, 4.69) is 0 Å². The van der Waals surface area contributed by atoms with Crippen molar-refractivity contribution in [3.05, 3.63) is 34.6 Å². The average Bonchev–Trinajstić information content (AvgIpc) is 2.09. The van der Waals surface area contributed by atoms with Gasteiger partial charge in [0.25, 0.3) is 0 Å². The Hall–Kier alpha value is -0.890. The minimum absolute atomic E-state index is 0.0920. The molecule has 0 aliphatic heterocycles. The van der Waals surface area contributed by atoms with E-state index >= 15 is 0 Å². The molecule has 0 aliphatic rings. The van der Waals surface area contributed by atoms with Gasteiger partial charge in [0.2, 0.25) is 0 Å². The summed E-state index contributed by atoms with van der Waals surface area (Å²) in [7, 11) is 0. The molecule has 3 heteroatoms. The van der Waals surface area contributed by atoms with Crippen molar-refractivity contribution in [2.75, 3.05) is 0 Å². The Kier molecular flexibility index (Phi) is 3.43. The summed E-state index contributed by atoms with van der Waals surface area (Å²) in [6.45, 7) is 1.88. The first kappa shape index (κ1) is 10.2. The Labute approximate surface area is 81.5 Å². The molecule has 0 saturated carbocycles. The zero-order valence-corrected chi connectivity index (χ0v) is 8.07. The predicted octanol–water partition coefficient (Wildman–Crippen LogP) is 3.46. The van der Waals surface area contributed by atoms with E-state index in [-0.39, 0.29) is 11.3 Å². The third kappa shape index (κ3) is 2.52. The summed E-state index contributed by atoms with van der Waals surface area (Å²) in [6.07, 6.45) is 1.07. The number of ketones is 1. The van der Waals surface area contributed by atoms with Gasteiger partial charge >= 0.3 is 0 Å². The van der Waals surface area contributed by atoms with Crippen molar-refractivity contribution in [1.82, 2.24) is 0 Å². The van der Waals surface area contributed by atoms with Crippen LogP contribution in [0.3, 0.4) is 0 Å². The van der Waals surface area contributed by atoms with Gasteiger partial charge in [-0.3, -0.25) is 4.79 Å². The van der Waals surface area contributed by atoms with Crippen LogP contribution in [0.2, 0.25) is 5.02 Å². The van der Waals surface area contributed by atoms with E-state index in [0.717, 1.165) is 0 Å². The molecule has 0 spiro atoms. The molecule has 13 heavy (non-hydrogen) atoms. The summed E-state index contributed by atoms with van der Waals surface area (Å²) in [5.41, 5.74) is 0.0920. The minimum atomic E-state index is -0.497. The van der Waals surface area contributed by atoms with Gasteiger partial charge in [0.05, 0.1) is 5.56 Å². The molecule has 0 fully saturated rings. The van der Waals surface area contributed by atoms with Crippen molar-refractivity contribution in [1.29, 1.82) is 0 Å². The number of halogens is 2. The zero-order chi connectivity index (χ0) is 9.84. The van der Waals surface area contributed by atoms with Crippen LogP contribution in [-0.4, -0.2) is 5.78 Å². The molecule has 0 heterocycles. The molecular weight excluding hydrogens is 191 g/mol. The standard InChI is InChI=1S/C10H10ClFO/c1-2-3-10(13)8-6-7(11)4-5-9(8)12/h4-6H,2-3H2,1H3. The van der Waals surface area contributed by atoms with Gasteiger partial charge in [0.15, 0.2) is 5.78 Å². The van der Waals surface area contributed by atoms with E-state index in [1.165, 1.54) is 18.2 Å². The topological polar surface area (TPSA) is 17.1 Å². The quantitative estimate of drug-likeness (QED) is 0.683. The molecule has 0 radical (unpaired) electrons. The van der Waals surface area contributed by atoms with Crippen molar-refractivity contribution >= 4 is 17.4 Å². The van der Waals surface area contributed by atoms with Crippen LogP contribution in [0.1, 0.15) is 30.1 Å². The van der Waals surface area contributed by atoms with Crippen molar-refractivity contribution in [3.8, 4) is 0 Å². The zero-order valence-electron chi connectivity index (χ0n) is 7.31. The molecule has 0 aliphatic carbocycles. The van der Waals surface area contributed by atoms with Crippen molar-refractivity contribution in [2.45, 2.75) is 19.8 Å². The molecule has 1 aromatic carbocycles. The summed E-state index contributed by atoms with van der Waals surface area (Å²) in [5.74, 6) is -0.689. The van der Waals surface area contributed by atoms with E-state index < -0.39 is 5.82 Å². The molecule has 1 rings (SSSR count). The number of benzene rings is 1. The van der Waals surface area contributed by atoms with Crippen LogP contribution in [0.4, 0.5) is 4.39 Å². The summed E-state index contributed by atoms with van der Waals surface area (Å²) in [6, 6.07) is 4.01. The lowest BCUT2D eigenvalue weighted by Gasteiger charge is -2.01. The van der Waals surface area contributed by atoms with Crippen molar-refractivity contribution < 1.29 is 9.18 Å². The van der Waals surface area contributed by atoms with E-state index in [9.17, 15) is 9.18 Å². The highest BCUT2D eigenvalue weighted by atomic mass is 35.5. The maximum atomic E-state index is 13.1. The number of Topliss-reactive ketones (excluding diaryl/α,β-unsaturated/α-hetero) is 1. The lowest BCUT2D eigenvalue weighted by molar-refractivity contribution is 0.0978. The van der Waals surface area contributed by atoms with Crippen LogP contribution < -0.4 is 0 Å². The molecule has 70 valence electrons. The molecule has 0 amide bonds. The lowest BCUT2D eigenvalue weighted by atomic mass is 10.1. The summed E-state index contributed by atoms with van der Waals surface area (Å²) >= 11 is 5.64. The lowest BCUT2D eigenvalue weighted by Crippen LogP contribution is -2.01. The number of rotatable bonds is 3. The highest BCUT2D eigenvalue weighted by Crippen LogP contribution is 2.16. The Balaban J connectivity index is 2.99. The maximum absolute atomic E-state index is 13.1. The van der Waals surface area contributed by atoms with Gasteiger partial charge < -0.3 is 0 Å². The fraction of sp³-hybridized carbons (Fsp3) is 0.300. The normalized spacial score (nSPS) is 10.1. The molecule has 0 atom stereocenters. The first-order valence-corrected chi connectivity index (χ1v) is 4.51. The molecule has 0 saturated heterocycles. The second kappa shape index (κ2) is 4.38. The Bertz CT molecular complexity index is 323. The highest BCUT2D eigenvalue weighted by Gasteiger charge is 2.10. The second-order valence-corrected chi connectivity index (χ2v) is 3.23. The SMILES string of the molecule is CCCC(=O)c1cc(Cl)ccc1F. The van der Waals surface area contributed by atoms with E-state index in [4.69, 9.17) is 11.6 Å². The molecule has 0 aromatic heterocycles. The van der Waals surface area contributed by atoms with Gasteiger partial charge in [0.1, 0.15) is 5.82 Å². The van der Waals surface area contributed by atoms with Gasteiger partial charge in [-0.2, -0.15) is 0 Å². The summed E-state index contributed by atoms with van der Waals surface area (Å²) in [4.78, 5) is 11.3. The molecule has 0 bridgehead atoms. The maximum Gasteiger partial charge on any atom is 0.165 e. The van der Waals surface area contributed by atoms with Gasteiger partial charge in [0, 0.05) is 11.4 Å². The van der Waals surface area contributed by atoms with Crippen molar-refractivity contribution in [3.63, 3.8) is 0 Å². The number of carbonyl (C=O) groups is 1. The predicted molar refractivity (Wildman–Crippen MR) is 50.6 cm³/mol. The number of hydrogen-bond acceptors (Lipinski definition) is 1. The third-order valence-electron chi connectivity index (χ3n) is 1.71. The average molecular weight is 201 g/mol. The van der Waals surface area contributed by atoms with E-state index in [0.29, 0.717) is 17.9 Å². The van der Waals surface area contributed by atoms with Crippen LogP contribution in [0.5, 0.6) is 0 Å². The number of hydrogen-bond donors (Lipinski definition) is 0. The Morgan fingerprint density at radius 1 is 1.54 bits per heavy atom. The third-order valence-corrected chi connectivity index (χ3v) is 1.94. The first-order chi connectivity index (χ1) is 6.15. The second-order valence-electron chi connectivity index (χ2n) is 2.80. The largest absolute Gasteiger partial charge is 0.294 e. The minimum Gasteiger partial charge on any atom is -0.294 e. The van der Waals surface area contributed by atoms with E-state index in [1.54, 1.807) is 0 Å². The Morgan fingerprint density at radius 3 is 2.85 bits per heavy atom. The van der Waals surface area contributed by atoms with E-state index in [1.807, 2.05) is 6.92 Å². The van der Waals surface area contributed by atoms with Gasteiger partial charge in [-0.15, -0.1) is 0 Å². The fourth-order valence-corrected chi connectivity index (χ4v) is 1.25. The Morgan fingerprint density at radius 2 is 2.23 bits per heavy atom. The fourth-order valence-electron chi connectivity index (χ4n) is 1.07. The van der Waals surface area contributed by atoms with Gasteiger partial charge in [-0.1, -0.05) is 18.5 Å². The van der Waals surface area contributed by atoms with Crippen LogP contribution in [0.25, 0.3) is 0 Å². The highest BCUT2D eigenvalue weighted by molar-refractivity contribution is 6.31. The molecule has 0 N–H and O–H groups in total. The van der Waals surface area contributed by atoms with Crippen molar-refractivity contribution in [2.24, 2.45) is 0 Å². The van der Waals surface area contributed by atoms with Crippen LogP contribution in [0.15, 0.2) is 18.2 Å². The molecule has 1 aromatic rings.